The number of hydrogen-bond donors (Lipinski definition) is 0. The minimum Gasteiger partial charge on any atom is -0.403 e. The van der Waals surface area contributed by atoms with Crippen LogP contribution in [0.4, 0.5) is 17.6 Å². The molecule has 0 aliphatic heterocycles. The van der Waals surface area contributed by atoms with E-state index in [-0.39, 0.29) is 5.56 Å². The van der Waals surface area contributed by atoms with Gasteiger partial charge in [-0.15, -0.1) is 13.2 Å². The zero-order chi connectivity index (χ0) is 19.7. The Bertz CT molecular complexity index is 824. The van der Waals surface area contributed by atoms with Crippen LogP contribution in [0.2, 0.25) is 0 Å². The molecule has 0 aromatic heterocycles. The molecule has 2 rings (SSSR count). The lowest BCUT2D eigenvalue weighted by atomic mass is 10.1. The summed E-state index contributed by atoms with van der Waals surface area (Å²) in [6.45, 7) is 2.17. The largest absolute Gasteiger partial charge is 0.573 e. The van der Waals surface area contributed by atoms with Gasteiger partial charge in [-0.3, -0.25) is 0 Å². The average molecular weight is 376 g/mol. The Labute approximate surface area is 156 Å². The molecule has 1 nitrogen and oxygen atoms in total. The van der Waals surface area contributed by atoms with E-state index in [2.05, 4.69) is 35.7 Å². The van der Waals surface area contributed by atoms with Gasteiger partial charge in [0, 0.05) is 11.1 Å². The Balaban J connectivity index is 2.00. The normalized spacial score (nSPS) is 11.3. The van der Waals surface area contributed by atoms with Crippen LogP contribution in [-0.4, -0.2) is 6.36 Å². The van der Waals surface area contributed by atoms with Crippen LogP contribution in [0.3, 0.4) is 0 Å². The standard InChI is InChI=1S/C22H20F4O/c1-2-3-4-5-6-7-17-8-10-18(11-9-17)12-13-19-14-15-21(20(23)16-19)27-22(24,25)26/h6-11,14-16H,2-5H2,1H3/b7-6+. The molecule has 0 heterocycles. The van der Waals surface area contributed by atoms with Crippen LogP contribution >= 0.6 is 0 Å². The summed E-state index contributed by atoms with van der Waals surface area (Å²) in [6, 6.07) is 10.7. The third-order valence-electron chi connectivity index (χ3n) is 3.70. The second kappa shape index (κ2) is 9.82. The molecular formula is C22H20F4O. The van der Waals surface area contributed by atoms with Crippen molar-refractivity contribution in [2.75, 3.05) is 0 Å². The van der Waals surface area contributed by atoms with Crippen LogP contribution in [0.15, 0.2) is 48.5 Å². The molecule has 142 valence electrons. The Morgan fingerprint density at radius 3 is 2.26 bits per heavy atom. The molecule has 0 aliphatic carbocycles. The first kappa shape index (κ1) is 20.6. The van der Waals surface area contributed by atoms with E-state index in [0.717, 1.165) is 29.7 Å². The molecular weight excluding hydrogens is 356 g/mol. The number of halogens is 4. The lowest BCUT2D eigenvalue weighted by Gasteiger charge is -2.09. The van der Waals surface area contributed by atoms with Gasteiger partial charge in [-0.1, -0.05) is 55.9 Å². The molecule has 5 heteroatoms. The fourth-order valence-corrected chi connectivity index (χ4v) is 2.34. The maximum absolute atomic E-state index is 13.7. The Kier molecular flexibility index (Phi) is 7.48. The number of alkyl halides is 3. The predicted octanol–water partition coefficient (Wildman–Crippen LogP) is 6.72. The molecule has 0 fully saturated rings. The molecule has 2 aromatic rings. The summed E-state index contributed by atoms with van der Waals surface area (Å²) >= 11 is 0. The van der Waals surface area contributed by atoms with E-state index in [0.29, 0.717) is 0 Å². The smallest absolute Gasteiger partial charge is 0.403 e. The zero-order valence-electron chi connectivity index (χ0n) is 14.9. The number of hydrogen-bond acceptors (Lipinski definition) is 1. The van der Waals surface area contributed by atoms with Crippen molar-refractivity contribution >= 4 is 6.08 Å². The minimum atomic E-state index is -4.93. The third kappa shape index (κ3) is 7.57. The number of allylic oxidation sites excluding steroid dienone is 1. The molecule has 0 unspecified atom stereocenters. The average Bonchev–Trinajstić information content (AvgIpc) is 2.62. The van der Waals surface area contributed by atoms with Gasteiger partial charge in [-0.25, -0.2) is 4.39 Å². The van der Waals surface area contributed by atoms with Gasteiger partial charge >= 0.3 is 6.36 Å². The molecule has 0 aliphatic rings. The summed E-state index contributed by atoms with van der Waals surface area (Å²) in [4.78, 5) is 0. The van der Waals surface area contributed by atoms with Crippen molar-refractivity contribution < 1.29 is 22.3 Å². The van der Waals surface area contributed by atoms with Gasteiger partial charge < -0.3 is 4.74 Å². The van der Waals surface area contributed by atoms with Gasteiger partial charge in [0.25, 0.3) is 0 Å². The van der Waals surface area contributed by atoms with Crippen molar-refractivity contribution in [3.63, 3.8) is 0 Å². The van der Waals surface area contributed by atoms with Crippen molar-refractivity contribution in [3.8, 4) is 17.6 Å². The molecule has 0 radical (unpaired) electrons. The van der Waals surface area contributed by atoms with Gasteiger partial charge in [0.2, 0.25) is 0 Å². The lowest BCUT2D eigenvalue weighted by molar-refractivity contribution is -0.275. The second-order valence-corrected chi connectivity index (χ2v) is 5.96. The maximum Gasteiger partial charge on any atom is 0.573 e. The van der Waals surface area contributed by atoms with Crippen molar-refractivity contribution in [1.82, 2.24) is 0 Å². The quantitative estimate of drug-likeness (QED) is 0.309. The Morgan fingerprint density at radius 1 is 0.963 bits per heavy atom. The monoisotopic (exact) mass is 376 g/mol. The molecule has 0 saturated heterocycles. The highest BCUT2D eigenvalue weighted by atomic mass is 19.4. The van der Waals surface area contributed by atoms with Gasteiger partial charge in [0.1, 0.15) is 0 Å². The maximum atomic E-state index is 13.7. The summed E-state index contributed by atoms with van der Waals surface area (Å²) in [7, 11) is 0. The molecule has 0 bridgehead atoms. The highest BCUT2D eigenvalue weighted by molar-refractivity contribution is 5.52. The van der Waals surface area contributed by atoms with Gasteiger partial charge in [-0.05, 0) is 48.7 Å². The predicted molar refractivity (Wildman–Crippen MR) is 98.7 cm³/mol. The first-order chi connectivity index (χ1) is 12.9. The fourth-order valence-electron chi connectivity index (χ4n) is 2.34. The van der Waals surface area contributed by atoms with E-state index in [1.807, 2.05) is 24.3 Å². The van der Waals surface area contributed by atoms with E-state index in [1.54, 1.807) is 0 Å². The van der Waals surface area contributed by atoms with E-state index in [9.17, 15) is 17.6 Å². The van der Waals surface area contributed by atoms with Gasteiger partial charge in [-0.2, -0.15) is 0 Å². The van der Waals surface area contributed by atoms with Crippen molar-refractivity contribution in [2.24, 2.45) is 0 Å². The number of benzene rings is 2. The third-order valence-corrected chi connectivity index (χ3v) is 3.70. The Morgan fingerprint density at radius 2 is 1.63 bits per heavy atom. The minimum absolute atomic E-state index is 0.266. The first-order valence-corrected chi connectivity index (χ1v) is 8.71. The lowest BCUT2D eigenvalue weighted by Crippen LogP contribution is -2.17. The van der Waals surface area contributed by atoms with Crippen LogP contribution in [0.5, 0.6) is 5.75 Å². The molecule has 0 amide bonds. The summed E-state index contributed by atoms with van der Waals surface area (Å²) in [5.41, 5.74) is 2.06. The fraction of sp³-hybridized carbons (Fsp3) is 0.273. The number of rotatable bonds is 6. The molecule has 0 spiro atoms. The molecule has 0 saturated carbocycles. The van der Waals surface area contributed by atoms with Gasteiger partial charge in [0.05, 0.1) is 0 Å². The van der Waals surface area contributed by atoms with E-state index < -0.39 is 17.9 Å². The van der Waals surface area contributed by atoms with E-state index in [4.69, 9.17) is 0 Å². The van der Waals surface area contributed by atoms with Crippen LogP contribution < -0.4 is 4.74 Å². The Hall–Kier alpha value is -2.74. The van der Waals surface area contributed by atoms with E-state index >= 15 is 0 Å². The molecule has 27 heavy (non-hydrogen) atoms. The van der Waals surface area contributed by atoms with Gasteiger partial charge in [0.15, 0.2) is 11.6 Å². The van der Waals surface area contributed by atoms with E-state index in [1.165, 1.54) is 25.3 Å². The first-order valence-electron chi connectivity index (χ1n) is 8.71. The highest BCUT2D eigenvalue weighted by Gasteiger charge is 2.32. The highest BCUT2D eigenvalue weighted by Crippen LogP contribution is 2.25. The number of ether oxygens (including phenoxy) is 1. The van der Waals surface area contributed by atoms with Crippen LogP contribution in [0.1, 0.15) is 49.3 Å². The summed E-state index contributed by atoms with van der Waals surface area (Å²) in [5, 5.41) is 0. The SMILES string of the molecule is CCCCC/C=C/c1ccc(C#Cc2ccc(OC(F)(F)F)c(F)c2)cc1. The molecule has 0 atom stereocenters. The topological polar surface area (TPSA) is 9.23 Å². The molecule has 2 aromatic carbocycles. The summed E-state index contributed by atoms with van der Waals surface area (Å²) < 4.78 is 53.6. The van der Waals surface area contributed by atoms with Crippen molar-refractivity contribution in [1.29, 1.82) is 0 Å². The summed E-state index contributed by atoms with van der Waals surface area (Å²) in [5.74, 6) is 3.62. The molecule has 0 N–H and O–H groups in total. The zero-order valence-corrected chi connectivity index (χ0v) is 14.9. The van der Waals surface area contributed by atoms with Crippen molar-refractivity contribution in [2.45, 2.75) is 39.0 Å². The van der Waals surface area contributed by atoms with Crippen molar-refractivity contribution in [3.05, 3.63) is 71.0 Å². The van der Waals surface area contributed by atoms with Crippen LogP contribution in [0.25, 0.3) is 6.08 Å². The second-order valence-electron chi connectivity index (χ2n) is 5.96. The number of unbranched alkanes of at least 4 members (excludes halogenated alkanes) is 3. The van der Waals surface area contributed by atoms with Crippen LogP contribution in [0, 0.1) is 17.7 Å². The van der Waals surface area contributed by atoms with Crippen LogP contribution in [-0.2, 0) is 0 Å². The summed E-state index contributed by atoms with van der Waals surface area (Å²) in [6.07, 6.45) is 3.92.